The Kier molecular flexibility index (Phi) is 7.13. The van der Waals surface area contributed by atoms with E-state index in [1.807, 2.05) is 10.8 Å². The third-order valence-electron chi connectivity index (χ3n) is 3.93. The van der Waals surface area contributed by atoms with Crippen molar-refractivity contribution in [2.45, 2.75) is 11.7 Å². The number of anilines is 1. The van der Waals surface area contributed by atoms with Crippen LogP contribution in [-0.4, -0.2) is 57.0 Å². The molecule has 3 rings (SSSR count). The first kappa shape index (κ1) is 21.2. The predicted molar refractivity (Wildman–Crippen MR) is 111 cm³/mol. The second-order valence-corrected chi connectivity index (χ2v) is 7.40. The molecule has 2 aromatic heterocycles. The molecule has 154 valence electrons. The topological polar surface area (TPSA) is 96.1 Å². The van der Waals surface area contributed by atoms with Crippen LogP contribution in [-0.2, 0) is 23.1 Å². The van der Waals surface area contributed by atoms with Crippen LogP contribution in [0.15, 0.2) is 35.6 Å². The third kappa shape index (κ3) is 5.28. The molecule has 0 fully saturated rings. The molecule has 0 saturated heterocycles. The zero-order valence-electron chi connectivity index (χ0n) is 16.3. The van der Waals surface area contributed by atoms with Crippen molar-refractivity contribution in [1.29, 1.82) is 0 Å². The van der Waals surface area contributed by atoms with E-state index in [-0.39, 0.29) is 11.7 Å². The van der Waals surface area contributed by atoms with Gasteiger partial charge in [0.1, 0.15) is 5.56 Å². The van der Waals surface area contributed by atoms with E-state index >= 15 is 0 Å². The molecule has 0 spiro atoms. The zero-order chi connectivity index (χ0) is 20.8. The Morgan fingerprint density at radius 2 is 2.00 bits per heavy atom. The van der Waals surface area contributed by atoms with E-state index in [9.17, 15) is 4.79 Å². The van der Waals surface area contributed by atoms with Gasteiger partial charge < -0.3 is 14.8 Å². The Balaban J connectivity index is 1.75. The van der Waals surface area contributed by atoms with Crippen LogP contribution in [0, 0.1) is 0 Å². The highest BCUT2D eigenvalue weighted by atomic mass is 35.5. The number of benzene rings is 1. The van der Waals surface area contributed by atoms with E-state index in [0.29, 0.717) is 40.7 Å². The number of thioether (sulfide) groups is 1. The number of nitrogens with one attached hydrogen (secondary N) is 1. The van der Waals surface area contributed by atoms with Crippen molar-refractivity contribution in [3.63, 3.8) is 0 Å². The number of halogens is 1. The minimum absolute atomic E-state index is 0.154. The maximum absolute atomic E-state index is 12.3. The van der Waals surface area contributed by atoms with E-state index in [1.165, 1.54) is 11.8 Å². The SMILES string of the molecule is COCCn1c(SCC(=O)Nc2ccc(Cl)cc2)nnc1-c1cn(C)nc1OC. The summed E-state index contributed by atoms with van der Waals surface area (Å²) in [4.78, 5) is 12.3. The quantitative estimate of drug-likeness (QED) is 0.515. The molecule has 0 aliphatic rings. The van der Waals surface area contributed by atoms with E-state index in [2.05, 4.69) is 20.6 Å². The number of carbonyl (C=O) groups excluding carboxylic acids is 1. The van der Waals surface area contributed by atoms with Crippen molar-refractivity contribution >= 4 is 35.0 Å². The summed E-state index contributed by atoms with van der Waals surface area (Å²) < 4.78 is 14.1. The van der Waals surface area contributed by atoms with Gasteiger partial charge in [-0.15, -0.1) is 15.3 Å². The van der Waals surface area contributed by atoms with Gasteiger partial charge in [-0.05, 0) is 24.3 Å². The summed E-state index contributed by atoms with van der Waals surface area (Å²) in [6.45, 7) is 0.996. The molecule has 0 bridgehead atoms. The smallest absolute Gasteiger partial charge is 0.243 e. The van der Waals surface area contributed by atoms with Gasteiger partial charge in [0, 0.05) is 31.1 Å². The molecular formula is C18H21ClN6O3S. The molecular weight excluding hydrogens is 416 g/mol. The molecule has 0 atom stereocenters. The molecule has 0 saturated carbocycles. The molecule has 0 aliphatic carbocycles. The monoisotopic (exact) mass is 436 g/mol. The fraction of sp³-hybridized carbons (Fsp3) is 0.333. The van der Waals surface area contributed by atoms with Gasteiger partial charge in [0.2, 0.25) is 11.8 Å². The standard InChI is InChI=1S/C18H21ClN6O3S/c1-24-10-14(17(23-24)28-3)16-21-22-18(25(16)8-9-27-2)29-11-15(26)20-13-6-4-12(19)5-7-13/h4-7,10H,8-9,11H2,1-3H3,(H,20,26). The first-order valence-corrected chi connectivity index (χ1v) is 10.1. The third-order valence-corrected chi connectivity index (χ3v) is 5.14. The fourth-order valence-electron chi connectivity index (χ4n) is 2.61. The molecule has 1 aromatic carbocycles. The summed E-state index contributed by atoms with van der Waals surface area (Å²) in [6.07, 6.45) is 1.81. The second-order valence-electron chi connectivity index (χ2n) is 6.02. The first-order chi connectivity index (χ1) is 14.0. The molecule has 9 nitrogen and oxygen atoms in total. The number of hydrogen-bond acceptors (Lipinski definition) is 7. The maximum atomic E-state index is 12.3. The van der Waals surface area contributed by atoms with E-state index in [0.717, 1.165) is 5.56 Å². The lowest BCUT2D eigenvalue weighted by Gasteiger charge is -2.09. The van der Waals surface area contributed by atoms with Gasteiger partial charge in [0.25, 0.3) is 0 Å². The predicted octanol–water partition coefficient (Wildman–Crippen LogP) is 2.72. The minimum atomic E-state index is -0.154. The van der Waals surface area contributed by atoms with Crippen LogP contribution in [0.4, 0.5) is 5.69 Å². The van der Waals surface area contributed by atoms with E-state index in [4.69, 9.17) is 21.1 Å². The Morgan fingerprint density at radius 3 is 2.69 bits per heavy atom. The summed E-state index contributed by atoms with van der Waals surface area (Å²) in [7, 11) is 4.98. The van der Waals surface area contributed by atoms with Gasteiger partial charge in [-0.25, -0.2) is 0 Å². The molecule has 0 unspecified atom stereocenters. The van der Waals surface area contributed by atoms with Crippen molar-refractivity contribution in [2.24, 2.45) is 7.05 Å². The van der Waals surface area contributed by atoms with Crippen molar-refractivity contribution in [1.82, 2.24) is 24.5 Å². The van der Waals surface area contributed by atoms with Crippen molar-refractivity contribution in [2.75, 3.05) is 31.9 Å². The molecule has 0 aliphatic heterocycles. The van der Waals surface area contributed by atoms with Crippen molar-refractivity contribution in [3.05, 3.63) is 35.5 Å². The summed E-state index contributed by atoms with van der Waals surface area (Å²) in [5.74, 6) is 1.08. The second kappa shape index (κ2) is 9.77. The zero-order valence-corrected chi connectivity index (χ0v) is 17.8. The molecule has 0 radical (unpaired) electrons. The fourth-order valence-corrected chi connectivity index (χ4v) is 3.50. The average molecular weight is 437 g/mol. The molecule has 29 heavy (non-hydrogen) atoms. The molecule has 2 heterocycles. The summed E-state index contributed by atoms with van der Waals surface area (Å²) in [5.41, 5.74) is 1.40. The summed E-state index contributed by atoms with van der Waals surface area (Å²) in [6, 6.07) is 6.94. The number of amides is 1. The number of carbonyl (C=O) groups is 1. The number of ether oxygens (including phenoxy) is 2. The van der Waals surface area contributed by atoms with Crippen LogP contribution in [0.2, 0.25) is 5.02 Å². The highest BCUT2D eigenvalue weighted by Crippen LogP contribution is 2.30. The highest BCUT2D eigenvalue weighted by molar-refractivity contribution is 7.99. The maximum Gasteiger partial charge on any atom is 0.243 e. The van der Waals surface area contributed by atoms with Gasteiger partial charge >= 0.3 is 0 Å². The van der Waals surface area contributed by atoms with Gasteiger partial charge in [-0.3, -0.25) is 14.0 Å². The van der Waals surface area contributed by atoms with E-state index < -0.39 is 0 Å². The van der Waals surface area contributed by atoms with Gasteiger partial charge in [0.15, 0.2) is 11.0 Å². The normalized spacial score (nSPS) is 10.9. The van der Waals surface area contributed by atoms with Crippen LogP contribution < -0.4 is 10.1 Å². The van der Waals surface area contributed by atoms with E-state index in [1.54, 1.807) is 50.2 Å². The molecule has 3 aromatic rings. The van der Waals surface area contributed by atoms with Crippen LogP contribution in [0.1, 0.15) is 0 Å². The number of methoxy groups -OCH3 is 2. The van der Waals surface area contributed by atoms with Gasteiger partial charge in [-0.2, -0.15) is 0 Å². The Labute approximate surface area is 177 Å². The summed E-state index contributed by atoms with van der Waals surface area (Å²) >= 11 is 7.16. The number of aryl methyl sites for hydroxylation is 1. The largest absolute Gasteiger partial charge is 0.479 e. The number of aromatic nitrogens is 5. The summed E-state index contributed by atoms with van der Waals surface area (Å²) in [5, 5.41) is 16.9. The van der Waals surface area contributed by atoms with Crippen LogP contribution in [0.25, 0.3) is 11.4 Å². The molecule has 11 heteroatoms. The molecule has 1 amide bonds. The molecule has 1 N–H and O–H groups in total. The van der Waals surface area contributed by atoms with Crippen LogP contribution >= 0.6 is 23.4 Å². The first-order valence-electron chi connectivity index (χ1n) is 8.70. The lowest BCUT2D eigenvalue weighted by molar-refractivity contribution is -0.113. The Hall–Kier alpha value is -2.56. The average Bonchev–Trinajstić information content (AvgIpc) is 3.28. The van der Waals surface area contributed by atoms with Crippen LogP contribution in [0.3, 0.4) is 0 Å². The Bertz CT molecular complexity index is 973. The minimum Gasteiger partial charge on any atom is -0.479 e. The number of rotatable bonds is 9. The Morgan fingerprint density at radius 1 is 1.24 bits per heavy atom. The lowest BCUT2D eigenvalue weighted by atomic mass is 10.3. The number of hydrogen-bond donors (Lipinski definition) is 1. The lowest BCUT2D eigenvalue weighted by Crippen LogP contribution is -2.15. The van der Waals surface area contributed by atoms with Crippen molar-refractivity contribution < 1.29 is 14.3 Å². The van der Waals surface area contributed by atoms with Crippen LogP contribution in [0.5, 0.6) is 5.88 Å². The van der Waals surface area contributed by atoms with Crippen molar-refractivity contribution in [3.8, 4) is 17.3 Å². The van der Waals surface area contributed by atoms with Gasteiger partial charge in [-0.1, -0.05) is 23.4 Å². The number of nitrogens with zero attached hydrogens (tertiary/aromatic N) is 5. The highest BCUT2D eigenvalue weighted by Gasteiger charge is 2.20. The van der Waals surface area contributed by atoms with Gasteiger partial charge in [0.05, 0.1) is 26.0 Å².